The number of aliphatic hydroxyl groups excluding tert-OH is 2. The summed E-state index contributed by atoms with van der Waals surface area (Å²) in [7, 11) is 0. The number of aliphatic hydroxyl groups is 2. The van der Waals surface area contributed by atoms with E-state index in [2.05, 4.69) is 0 Å². The maximum absolute atomic E-state index is 9.66. The Labute approximate surface area is 73.6 Å². The first-order valence-corrected chi connectivity index (χ1v) is 5.15. The van der Waals surface area contributed by atoms with Gasteiger partial charge in [-0.15, -0.1) is 0 Å². The first-order valence-electron chi connectivity index (χ1n) is 5.15. The van der Waals surface area contributed by atoms with Crippen molar-refractivity contribution in [2.45, 2.75) is 50.7 Å². The first-order chi connectivity index (χ1) is 5.79. The topological polar surface area (TPSA) is 40.5 Å². The second kappa shape index (κ2) is 3.35. The molecule has 2 nitrogen and oxygen atoms in total. The Morgan fingerprint density at radius 3 is 1.33 bits per heavy atom. The molecular weight excluding hydrogens is 152 g/mol. The molecular formula is C10H18O2. The van der Waals surface area contributed by atoms with Crippen LogP contribution in [0.5, 0.6) is 0 Å². The van der Waals surface area contributed by atoms with Crippen molar-refractivity contribution in [1.29, 1.82) is 0 Å². The Bertz CT molecular complexity index is 140. The lowest BCUT2D eigenvalue weighted by molar-refractivity contribution is 0.0398. The van der Waals surface area contributed by atoms with Crippen molar-refractivity contribution in [3.63, 3.8) is 0 Å². The normalized spacial score (nSPS) is 48.5. The summed E-state index contributed by atoms with van der Waals surface area (Å²) in [5.74, 6) is 0.810. The quantitative estimate of drug-likeness (QED) is 0.623. The predicted octanol–water partition coefficient (Wildman–Crippen LogP) is 1.31. The second-order valence-electron chi connectivity index (χ2n) is 4.32. The molecule has 0 aromatic heterocycles. The van der Waals surface area contributed by atoms with Gasteiger partial charge in [0.15, 0.2) is 0 Å². The Kier molecular flexibility index (Phi) is 2.37. The number of hydrogen-bond donors (Lipinski definition) is 2. The summed E-state index contributed by atoms with van der Waals surface area (Å²) in [4.78, 5) is 0. The third-order valence-corrected chi connectivity index (χ3v) is 3.61. The standard InChI is InChI=1S/C10H18O2/c11-9-5-1-3-7(9)8-4-2-6-10(8)12/h7-12H,1-6H2/t7-,8-,9-,10-/m1/s1. The third-order valence-electron chi connectivity index (χ3n) is 3.61. The average Bonchev–Trinajstić information content (AvgIpc) is 2.59. The summed E-state index contributed by atoms with van der Waals surface area (Å²) >= 11 is 0. The highest BCUT2D eigenvalue weighted by Gasteiger charge is 2.38. The van der Waals surface area contributed by atoms with E-state index in [0.717, 1.165) is 38.5 Å². The highest BCUT2D eigenvalue weighted by molar-refractivity contribution is 4.89. The van der Waals surface area contributed by atoms with Crippen molar-refractivity contribution >= 4 is 0 Å². The number of hydrogen-bond acceptors (Lipinski definition) is 2. The van der Waals surface area contributed by atoms with Gasteiger partial charge in [0.2, 0.25) is 0 Å². The van der Waals surface area contributed by atoms with Crippen LogP contribution in [-0.2, 0) is 0 Å². The van der Waals surface area contributed by atoms with Crippen molar-refractivity contribution < 1.29 is 10.2 Å². The molecule has 0 aliphatic heterocycles. The van der Waals surface area contributed by atoms with Gasteiger partial charge in [-0.2, -0.15) is 0 Å². The van der Waals surface area contributed by atoms with E-state index < -0.39 is 0 Å². The van der Waals surface area contributed by atoms with Crippen LogP contribution in [0.25, 0.3) is 0 Å². The molecule has 0 heterocycles. The molecule has 2 saturated carbocycles. The molecule has 0 unspecified atom stereocenters. The van der Waals surface area contributed by atoms with Crippen LogP contribution in [0.1, 0.15) is 38.5 Å². The first kappa shape index (κ1) is 8.52. The second-order valence-corrected chi connectivity index (χ2v) is 4.32. The van der Waals surface area contributed by atoms with Crippen LogP contribution < -0.4 is 0 Å². The molecule has 2 fully saturated rings. The molecule has 12 heavy (non-hydrogen) atoms. The molecule has 2 heteroatoms. The Morgan fingerprint density at radius 1 is 0.667 bits per heavy atom. The zero-order valence-electron chi connectivity index (χ0n) is 7.45. The molecule has 2 aliphatic rings. The van der Waals surface area contributed by atoms with E-state index in [-0.39, 0.29) is 12.2 Å². The van der Waals surface area contributed by atoms with Gasteiger partial charge in [-0.3, -0.25) is 0 Å². The SMILES string of the molecule is O[C@@H]1CCC[C@@H]1[C@H]1CCC[C@H]1O. The highest BCUT2D eigenvalue weighted by atomic mass is 16.3. The molecule has 0 amide bonds. The largest absolute Gasteiger partial charge is 0.393 e. The van der Waals surface area contributed by atoms with Gasteiger partial charge in [0.05, 0.1) is 12.2 Å². The van der Waals surface area contributed by atoms with E-state index in [0.29, 0.717) is 11.8 Å². The lowest BCUT2D eigenvalue weighted by Gasteiger charge is -2.24. The van der Waals surface area contributed by atoms with Gasteiger partial charge in [0.1, 0.15) is 0 Å². The van der Waals surface area contributed by atoms with Crippen molar-refractivity contribution in [2.24, 2.45) is 11.8 Å². The van der Waals surface area contributed by atoms with Crippen LogP contribution in [-0.4, -0.2) is 22.4 Å². The summed E-state index contributed by atoms with van der Waals surface area (Å²) in [6, 6.07) is 0. The Balaban J connectivity index is 1.98. The molecule has 0 spiro atoms. The fraction of sp³-hybridized carbons (Fsp3) is 1.00. The lowest BCUT2D eigenvalue weighted by Crippen LogP contribution is -2.28. The van der Waals surface area contributed by atoms with E-state index in [1.54, 1.807) is 0 Å². The summed E-state index contributed by atoms with van der Waals surface area (Å²) in [6.45, 7) is 0. The molecule has 0 saturated heterocycles. The molecule has 0 aromatic carbocycles. The zero-order chi connectivity index (χ0) is 8.55. The van der Waals surface area contributed by atoms with Crippen molar-refractivity contribution in [3.05, 3.63) is 0 Å². The van der Waals surface area contributed by atoms with E-state index >= 15 is 0 Å². The van der Waals surface area contributed by atoms with Crippen molar-refractivity contribution in [1.82, 2.24) is 0 Å². The molecule has 2 aliphatic carbocycles. The average molecular weight is 170 g/mol. The van der Waals surface area contributed by atoms with Gasteiger partial charge in [-0.05, 0) is 37.5 Å². The lowest BCUT2D eigenvalue weighted by atomic mass is 9.86. The van der Waals surface area contributed by atoms with Crippen LogP contribution in [0.15, 0.2) is 0 Å². The van der Waals surface area contributed by atoms with Crippen LogP contribution in [0.2, 0.25) is 0 Å². The van der Waals surface area contributed by atoms with Crippen LogP contribution in [0, 0.1) is 11.8 Å². The summed E-state index contributed by atoms with van der Waals surface area (Å²) in [5.41, 5.74) is 0. The van der Waals surface area contributed by atoms with Crippen LogP contribution >= 0.6 is 0 Å². The summed E-state index contributed by atoms with van der Waals surface area (Å²) in [6.07, 6.45) is 6.21. The molecule has 2 rings (SSSR count). The fourth-order valence-corrected chi connectivity index (χ4v) is 2.94. The minimum atomic E-state index is -0.122. The van der Waals surface area contributed by atoms with Gasteiger partial charge in [0.25, 0.3) is 0 Å². The van der Waals surface area contributed by atoms with E-state index in [9.17, 15) is 10.2 Å². The summed E-state index contributed by atoms with van der Waals surface area (Å²) < 4.78 is 0. The fourth-order valence-electron chi connectivity index (χ4n) is 2.94. The highest BCUT2D eigenvalue weighted by Crippen LogP contribution is 2.40. The monoisotopic (exact) mass is 170 g/mol. The van der Waals surface area contributed by atoms with Crippen molar-refractivity contribution in [2.75, 3.05) is 0 Å². The Hall–Kier alpha value is -0.0800. The molecule has 4 atom stereocenters. The van der Waals surface area contributed by atoms with Gasteiger partial charge < -0.3 is 10.2 Å². The van der Waals surface area contributed by atoms with E-state index in [1.165, 1.54) is 0 Å². The molecule has 2 N–H and O–H groups in total. The minimum Gasteiger partial charge on any atom is -0.393 e. The van der Waals surface area contributed by atoms with E-state index in [1.807, 2.05) is 0 Å². The van der Waals surface area contributed by atoms with Gasteiger partial charge in [-0.25, -0.2) is 0 Å². The van der Waals surface area contributed by atoms with Gasteiger partial charge >= 0.3 is 0 Å². The predicted molar refractivity (Wildman–Crippen MR) is 46.7 cm³/mol. The third kappa shape index (κ3) is 1.38. The maximum Gasteiger partial charge on any atom is 0.0572 e. The molecule has 0 aromatic rings. The summed E-state index contributed by atoms with van der Waals surface area (Å²) in [5, 5.41) is 19.3. The maximum atomic E-state index is 9.66. The Morgan fingerprint density at radius 2 is 1.08 bits per heavy atom. The van der Waals surface area contributed by atoms with Gasteiger partial charge in [-0.1, -0.05) is 12.8 Å². The molecule has 0 bridgehead atoms. The smallest absolute Gasteiger partial charge is 0.0572 e. The van der Waals surface area contributed by atoms with Crippen LogP contribution in [0.4, 0.5) is 0 Å². The van der Waals surface area contributed by atoms with Gasteiger partial charge in [0, 0.05) is 0 Å². The molecule has 70 valence electrons. The van der Waals surface area contributed by atoms with E-state index in [4.69, 9.17) is 0 Å². The van der Waals surface area contributed by atoms with Crippen LogP contribution in [0.3, 0.4) is 0 Å². The minimum absolute atomic E-state index is 0.122. The number of rotatable bonds is 1. The zero-order valence-corrected chi connectivity index (χ0v) is 7.45. The molecule has 0 radical (unpaired) electrons. The van der Waals surface area contributed by atoms with Crippen molar-refractivity contribution in [3.8, 4) is 0 Å².